The molecule has 11 heteroatoms. The van der Waals surface area contributed by atoms with Crippen LogP contribution in [0.2, 0.25) is 0 Å². The summed E-state index contributed by atoms with van der Waals surface area (Å²) < 4.78 is 43.3. The molecule has 5 rings (SSSR count). The average Bonchev–Trinajstić information content (AvgIpc) is 3.50. The van der Waals surface area contributed by atoms with Gasteiger partial charge in [-0.1, -0.05) is 18.2 Å². The minimum absolute atomic E-state index is 0.0361. The lowest BCUT2D eigenvalue weighted by molar-refractivity contribution is -0.274. The van der Waals surface area contributed by atoms with Crippen molar-refractivity contribution < 1.29 is 37.4 Å². The maximum atomic E-state index is 12.8. The molecule has 0 spiro atoms. The fourth-order valence-corrected chi connectivity index (χ4v) is 4.10. The van der Waals surface area contributed by atoms with Gasteiger partial charge in [0.1, 0.15) is 11.3 Å². The lowest BCUT2D eigenvalue weighted by atomic mass is 10.1. The Morgan fingerprint density at radius 3 is 2.26 bits per heavy atom. The standard InChI is InChI=1S/C23H16F3N3O5/c24-23(25,26)34-14-5-3-4-13(10-14)29-19(12-8-9-12)18(22(32)33)17(27-29)11-28-20(30)15-6-1-2-7-16(15)21(28)31/h1-7,10,12H,8-9,11H2,(H,32,33). The van der Waals surface area contributed by atoms with Crippen LogP contribution in [0.3, 0.4) is 0 Å². The molecule has 1 aliphatic carbocycles. The number of rotatable bonds is 6. The third-order valence-corrected chi connectivity index (χ3v) is 5.65. The number of carbonyl (C=O) groups is 3. The molecule has 1 aromatic heterocycles. The highest BCUT2D eigenvalue weighted by molar-refractivity contribution is 6.21. The van der Waals surface area contributed by atoms with E-state index in [2.05, 4.69) is 9.84 Å². The second-order valence-corrected chi connectivity index (χ2v) is 7.99. The van der Waals surface area contributed by atoms with Crippen molar-refractivity contribution in [3.05, 3.63) is 76.6 Å². The second-order valence-electron chi connectivity index (χ2n) is 7.99. The number of aromatic nitrogens is 2. The van der Waals surface area contributed by atoms with Gasteiger partial charge in [-0.3, -0.25) is 14.5 Å². The van der Waals surface area contributed by atoms with Gasteiger partial charge < -0.3 is 9.84 Å². The number of ether oxygens (including phenoxy) is 1. The lowest BCUT2D eigenvalue weighted by Gasteiger charge is -2.12. The van der Waals surface area contributed by atoms with E-state index in [4.69, 9.17) is 0 Å². The molecule has 2 amide bonds. The summed E-state index contributed by atoms with van der Waals surface area (Å²) >= 11 is 0. The highest BCUT2D eigenvalue weighted by Crippen LogP contribution is 2.44. The first-order valence-electron chi connectivity index (χ1n) is 10.3. The maximum absolute atomic E-state index is 12.8. The number of aromatic carboxylic acids is 1. The number of hydrogen-bond acceptors (Lipinski definition) is 5. The molecule has 2 heterocycles. The molecule has 3 aromatic rings. The quantitative estimate of drug-likeness (QED) is 0.542. The van der Waals surface area contributed by atoms with Crippen molar-refractivity contribution in [3.8, 4) is 11.4 Å². The van der Waals surface area contributed by atoms with Gasteiger partial charge in [0.05, 0.1) is 34.7 Å². The van der Waals surface area contributed by atoms with Gasteiger partial charge in [-0.2, -0.15) is 5.10 Å². The molecule has 1 saturated carbocycles. The van der Waals surface area contributed by atoms with Gasteiger partial charge in [-0.05, 0) is 37.1 Å². The number of carboxylic acids is 1. The molecule has 0 bridgehead atoms. The Hall–Kier alpha value is -4.15. The number of alkyl halides is 3. The fourth-order valence-electron chi connectivity index (χ4n) is 4.10. The van der Waals surface area contributed by atoms with Gasteiger partial charge in [0.15, 0.2) is 0 Å². The van der Waals surface area contributed by atoms with Crippen molar-refractivity contribution in [1.29, 1.82) is 0 Å². The summed E-state index contributed by atoms with van der Waals surface area (Å²) in [6.07, 6.45) is -3.54. The predicted octanol–water partition coefficient (Wildman–Crippen LogP) is 4.14. The molecule has 34 heavy (non-hydrogen) atoms. The van der Waals surface area contributed by atoms with E-state index in [1.54, 1.807) is 12.1 Å². The van der Waals surface area contributed by atoms with Crippen LogP contribution in [0.25, 0.3) is 5.69 Å². The fraction of sp³-hybridized carbons (Fsp3) is 0.217. The van der Waals surface area contributed by atoms with E-state index in [0.717, 1.165) is 17.0 Å². The van der Waals surface area contributed by atoms with Crippen molar-refractivity contribution in [2.75, 3.05) is 0 Å². The Kier molecular flexibility index (Phi) is 4.92. The normalized spacial score (nSPS) is 15.6. The zero-order valence-electron chi connectivity index (χ0n) is 17.4. The van der Waals surface area contributed by atoms with E-state index in [-0.39, 0.29) is 40.5 Å². The van der Waals surface area contributed by atoms with Gasteiger partial charge >= 0.3 is 12.3 Å². The topological polar surface area (TPSA) is 102 Å². The molecule has 8 nitrogen and oxygen atoms in total. The van der Waals surface area contributed by atoms with E-state index in [9.17, 15) is 32.7 Å². The molecule has 2 aromatic carbocycles. The molecular formula is C23H16F3N3O5. The van der Waals surface area contributed by atoms with Gasteiger partial charge in [0, 0.05) is 12.0 Å². The third-order valence-electron chi connectivity index (χ3n) is 5.65. The van der Waals surface area contributed by atoms with Gasteiger partial charge in [-0.25, -0.2) is 9.48 Å². The highest BCUT2D eigenvalue weighted by atomic mass is 19.4. The molecular weight excluding hydrogens is 455 g/mol. The van der Waals surface area contributed by atoms with Gasteiger partial charge in [-0.15, -0.1) is 13.2 Å². The second kappa shape index (κ2) is 7.72. The Labute approximate surface area is 190 Å². The number of carbonyl (C=O) groups excluding carboxylic acids is 2. The SMILES string of the molecule is O=C(O)c1c(CN2C(=O)c3ccccc3C2=O)nn(-c2cccc(OC(F)(F)F)c2)c1C1CC1. The number of hydrogen-bond donors (Lipinski definition) is 1. The summed E-state index contributed by atoms with van der Waals surface area (Å²) in [4.78, 5) is 38.7. The molecule has 1 fully saturated rings. The third kappa shape index (κ3) is 3.78. The zero-order valence-corrected chi connectivity index (χ0v) is 17.4. The predicted molar refractivity (Wildman–Crippen MR) is 110 cm³/mol. The number of fused-ring (bicyclic) bond motifs is 1. The van der Waals surface area contributed by atoms with Crippen LogP contribution in [-0.2, 0) is 6.54 Å². The molecule has 0 atom stereocenters. The van der Waals surface area contributed by atoms with E-state index < -0.39 is 29.9 Å². The summed E-state index contributed by atoms with van der Waals surface area (Å²) in [5.74, 6) is -3.09. The smallest absolute Gasteiger partial charge is 0.478 e. The Balaban J connectivity index is 1.57. The molecule has 174 valence electrons. The molecule has 1 aliphatic heterocycles. The van der Waals surface area contributed by atoms with E-state index >= 15 is 0 Å². The summed E-state index contributed by atoms with van der Waals surface area (Å²) in [7, 11) is 0. The summed E-state index contributed by atoms with van der Waals surface area (Å²) in [6.45, 7) is -0.389. The van der Waals surface area contributed by atoms with Crippen LogP contribution in [0, 0.1) is 0 Å². The van der Waals surface area contributed by atoms with Crippen LogP contribution >= 0.6 is 0 Å². The minimum atomic E-state index is -4.90. The first-order valence-corrected chi connectivity index (χ1v) is 10.3. The summed E-state index contributed by atoms with van der Waals surface area (Å²) in [6, 6.07) is 11.3. The Morgan fingerprint density at radius 2 is 1.71 bits per heavy atom. The number of amides is 2. The van der Waals surface area contributed by atoms with Crippen LogP contribution < -0.4 is 4.74 Å². The summed E-state index contributed by atoms with van der Waals surface area (Å²) in [5, 5.41) is 14.3. The van der Waals surface area contributed by atoms with Crippen LogP contribution in [0.4, 0.5) is 13.2 Å². The lowest BCUT2D eigenvalue weighted by Crippen LogP contribution is -2.30. The molecule has 1 N–H and O–H groups in total. The first kappa shape index (κ1) is 21.7. The van der Waals surface area contributed by atoms with Crippen LogP contribution in [-0.4, -0.2) is 43.9 Å². The van der Waals surface area contributed by atoms with Gasteiger partial charge in [0.2, 0.25) is 0 Å². The van der Waals surface area contributed by atoms with Crippen molar-refractivity contribution in [1.82, 2.24) is 14.7 Å². The van der Waals surface area contributed by atoms with Crippen molar-refractivity contribution in [2.45, 2.75) is 31.7 Å². The average molecular weight is 471 g/mol. The van der Waals surface area contributed by atoms with E-state index in [1.807, 2.05) is 0 Å². The van der Waals surface area contributed by atoms with Crippen LogP contribution in [0.5, 0.6) is 5.75 Å². The Bertz CT molecular complexity index is 1310. The first-order chi connectivity index (χ1) is 16.1. The van der Waals surface area contributed by atoms with Crippen LogP contribution in [0.15, 0.2) is 48.5 Å². The van der Waals surface area contributed by atoms with E-state index in [0.29, 0.717) is 18.5 Å². The molecule has 0 radical (unpaired) electrons. The molecule has 2 aliphatic rings. The number of carboxylic acid groups (broad SMARTS) is 1. The zero-order chi connectivity index (χ0) is 24.2. The van der Waals surface area contributed by atoms with Crippen molar-refractivity contribution >= 4 is 17.8 Å². The van der Waals surface area contributed by atoms with E-state index in [1.165, 1.54) is 28.9 Å². The largest absolute Gasteiger partial charge is 0.573 e. The highest BCUT2D eigenvalue weighted by Gasteiger charge is 2.40. The number of nitrogens with zero attached hydrogens (tertiary/aromatic N) is 3. The minimum Gasteiger partial charge on any atom is -0.478 e. The Morgan fingerprint density at radius 1 is 1.06 bits per heavy atom. The number of halogens is 3. The molecule has 0 unspecified atom stereocenters. The van der Waals surface area contributed by atoms with Crippen molar-refractivity contribution in [2.24, 2.45) is 0 Å². The van der Waals surface area contributed by atoms with Gasteiger partial charge in [0.25, 0.3) is 11.8 Å². The van der Waals surface area contributed by atoms with Crippen LogP contribution in [0.1, 0.15) is 61.2 Å². The monoisotopic (exact) mass is 471 g/mol. The maximum Gasteiger partial charge on any atom is 0.573 e. The number of imide groups is 1. The summed E-state index contributed by atoms with van der Waals surface area (Å²) in [5.41, 5.74) is 0.696. The molecule has 0 saturated heterocycles. The van der Waals surface area contributed by atoms with Crippen molar-refractivity contribution in [3.63, 3.8) is 0 Å². The number of benzene rings is 2.